The number of hydrogen-bond acceptors (Lipinski definition) is 4. The Balaban J connectivity index is 1.83. The van der Waals surface area contributed by atoms with E-state index < -0.39 is 0 Å². The van der Waals surface area contributed by atoms with Crippen molar-refractivity contribution in [2.45, 2.75) is 26.8 Å². The van der Waals surface area contributed by atoms with Gasteiger partial charge in [-0.2, -0.15) is 10.4 Å². The third kappa shape index (κ3) is 5.00. The molecule has 6 nitrogen and oxygen atoms in total. The number of nitriles is 1. The van der Waals surface area contributed by atoms with Crippen molar-refractivity contribution < 1.29 is 4.79 Å². The maximum atomic E-state index is 13.9. The van der Waals surface area contributed by atoms with Gasteiger partial charge in [0.25, 0.3) is 5.91 Å². The molecule has 0 atom stereocenters. The normalized spacial score (nSPS) is 10.6. The number of carbonyl (C=O) groups is 1. The standard InChI is InChI=1S/C27H24ClN5O/c1-19-10-11-20(2)25(15-19)33-26(16-24(31-33)22-8-3-4-9-23(22)28)27(34)32(14-6-12-29)18-21-7-5-13-30-17-21/h3-5,7-11,13,15-17H,6,14,18H2,1-2H3. The van der Waals surface area contributed by atoms with Crippen LogP contribution in [0.15, 0.2) is 73.1 Å². The second kappa shape index (κ2) is 10.3. The average molecular weight is 470 g/mol. The van der Waals surface area contributed by atoms with E-state index in [1.165, 1.54) is 0 Å². The Morgan fingerprint density at radius 3 is 2.68 bits per heavy atom. The molecule has 2 aromatic heterocycles. The van der Waals surface area contributed by atoms with Crippen molar-refractivity contribution in [1.29, 1.82) is 5.26 Å². The Morgan fingerprint density at radius 1 is 1.12 bits per heavy atom. The van der Waals surface area contributed by atoms with Crippen LogP contribution in [0.5, 0.6) is 0 Å². The Labute approximate surface area is 204 Å². The van der Waals surface area contributed by atoms with E-state index in [1.54, 1.807) is 34.1 Å². The summed E-state index contributed by atoms with van der Waals surface area (Å²) in [6.45, 7) is 4.63. The van der Waals surface area contributed by atoms with E-state index in [9.17, 15) is 10.1 Å². The Hall–Kier alpha value is -3.95. The van der Waals surface area contributed by atoms with Gasteiger partial charge in [-0.25, -0.2) is 4.68 Å². The molecule has 7 heteroatoms. The van der Waals surface area contributed by atoms with Gasteiger partial charge in [-0.15, -0.1) is 0 Å². The summed E-state index contributed by atoms with van der Waals surface area (Å²) in [5.74, 6) is -0.217. The maximum Gasteiger partial charge on any atom is 0.272 e. The number of aromatic nitrogens is 3. The van der Waals surface area contributed by atoms with Gasteiger partial charge in [-0.3, -0.25) is 9.78 Å². The van der Waals surface area contributed by atoms with Gasteiger partial charge in [0.2, 0.25) is 0 Å². The van der Waals surface area contributed by atoms with Gasteiger partial charge in [-0.1, -0.05) is 48.0 Å². The van der Waals surface area contributed by atoms with Crippen molar-refractivity contribution in [2.24, 2.45) is 0 Å². The van der Waals surface area contributed by atoms with Crippen LogP contribution in [-0.4, -0.2) is 32.1 Å². The lowest BCUT2D eigenvalue weighted by Gasteiger charge is -2.22. The van der Waals surface area contributed by atoms with E-state index in [2.05, 4.69) is 11.1 Å². The summed E-state index contributed by atoms with van der Waals surface area (Å²) in [6, 6.07) is 21.1. The molecule has 0 bridgehead atoms. The Kier molecular flexibility index (Phi) is 7.05. The SMILES string of the molecule is Cc1ccc(C)c(-n2nc(-c3ccccc3Cl)cc2C(=O)N(CCC#N)Cc2cccnc2)c1. The van der Waals surface area contributed by atoms with Crippen LogP contribution in [0.4, 0.5) is 0 Å². The van der Waals surface area contributed by atoms with Crippen LogP contribution in [0.25, 0.3) is 16.9 Å². The molecule has 0 N–H and O–H groups in total. The van der Waals surface area contributed by atoms with E-state index in [1.807, 2.05) is 62.4 Å². The predicted molar refractivity (Wildman–Crippen MR) is 133 cm³/mol. The number of aryl methyl sites for hydroxylation is 2. The van der Waals surface area contributed by atoms with Crippen LogP contribution < -0.4 is 0 Å². The molecular weight excluding hydrogens is 446 g/mol. The summed E-state index contributed by atoms with van der Waals surface area (Å²) >= 11 is 6.45. The number of nitrogens with zero attached hydrogens (tertiary/aromatic N) is 5. The molecule has 0 spiro atoms. The topological polar surface area (TPSA) is 74.8 Å². The van der Waals surface area contributed by atoms with E-state index in [0.717, 1.165) is 27.9 Å². The van der Waals surface area contributed by atoms with E-state index in [0.29, 0.717) is 29.5 Å². The molecule has 0 aliphatic carbocycles. The predicted octanol–water partition coefficient (Wildman–Crippen LogP) is 5.76. The van der Waals surface area contributed by atoms with E-state index >= 15 is 0 Å². The third-order valence-electron chi connectivity index (χ3n) is 5.55. The lowest BCUT2D eigenvalue weighted by atomic mass is 10.1. The highest BCUT2D eigenvalue weighted by Gasteiger charge is 2.24. The molecule has 2 heterocycles. The fourth-order valence-electron chi connectivity index (χ4n) is 3.78. The fraction of sp³-hybridized carbons (Fsp3) is 0.185. The summed E-state index contributed by atoms with van der Waals surface area (Å²) in [5, 5.41) is 14.6. The third-order valence-corrected chi connectivity index (χ3v) is 5.88. The molecule has 4 rings (SSSR count). The van der Waals surface area contributed by atoms with Crippen molar-refractivity contribution in [3.05, 3.63) is 100 Å². The first-order valence-electron chi connectivity index (χ1n) is 11.0. The van der Waals surface area contributed by atoms with Crippen LogP contribution in [0, 0.1) is 25.2 Å². The quantitative estimate of drug-likeness (QED) is 0.345. The second-order valence-corrected chi connectivity index (χ2v) is 8.50. The molecule has 0 aliphatic rings. The zero-order valence-corrected chi connectivity index (χ0v) is 19.8. The van der Waals surface area contributed by atoms with Gasteiger partial charge in [0, 0.05) is 31.0 Å². The first kappa shape index (κ1) is 23.2. The van der Waals surface area contributed by atoms with Gasteiger partial charge in [0.1, 0.15) is 5.69 Å². The molecule has 170 valence electrons. The molecule has 34 heavy (non-hydrogen) atoms. The number of carbonyl (C=O) groups excluding carboxylic acids is 1. The lowest BCUT2D eigenvalue weighted by molar-refractivity contribution is 0.0737. The van der Waals surface area contributed by atoms with Gasteiger partial charge >= 0.3 is 0 Å². The fourth-order valence-corrected chi connectivity index (χ4v) is 4.01. The zero-order valence-electron chi connectivity index (χ0n) is 19.1. The first-order valence-corrected chi connectivity index (χ1v) is 11.3. The number of rotatable bonds is 7. The highest BCUT2D eigenvalue weighted by Crippen LogP contribution is 2.30. The van der Waals surface area contributed by atoms with Crippen LogP contribution in [0.2, 0.25) is 5.02 Å². The summed E-state index contributed by atoms with van der Waals surface area (Å²) < 4.78 is 1.69. The second-order valence-electron chi connectivity index (χ2n) is 8.09. The van der Waals surface area contributed by atoms with Gasteiger partial charge < -0.3 is 4.90 Å². The number of pyridine rings is 1. The van der Waals surface area contributed by atoms with Crippen molar-refractivity contribution >= 4 is 17.5 Å². The largest absolute Gasteiger partial charge is 0.332 e. The molecule has 0 aliphatic heterocycles. The zero-order chi connectivity index (χ0) is 24.1. The first-order chi connectivity index (χ1) is 16.5. The molecule has 0 fully saturated rings. The highest BCUT2D eigenvalue weighted by atomic mass is 35.5. The lowest BCUT2D eigenvalue weighted by Crippen LogP contribution is -2.33. The maximum absolute atomic E-state index is 13.9. The number of halogens is 1. The molecule has 0 radical (unpaired) electrons. The van der Waals surface area contributed by atoms with E-state index in [-0.39, 0.29) is 12.3 Å². The number of benzene rings is 2. The van der Waals surface area contributed by atoms with Crippen molar-refractivity contribution in [2.75, 3.05) is 6.54 Å². The molecule has 0 unspecified atom stereocenters. The number of amides is 1. The smallest absolute Gasteiger partial charge is 0.272 e. The van der Waals surface area contributed by atoms with Crippen molar-refractivity contribution in [3.8, 4) is 23.0 Å². The molecule has 4 aromatic rings. The van der Waals surface area contributed by atoms with Crippen molar-refractivity contribution in [3.63, 3.8) is 0 Å². The summed E-state index contributed by atoms with van der Waals surface area (Å²) in [6.07, 6.45) is 3.64. The van der Waals surface area contributed by atoms with Crippen LogP contribution in [-0.2, 0) is 6.54 Å². The van der Waals surface area contributed by atoms with Crippen LogP contribution >= 0.6 is 11.6 Å². The minimum absolute atomic E-state index is 0.217. The molecule has 0 saturated heterocycles. The highest BCUT2D eigenvalue weighted by molar-refractivity contribution is 6.33. The van der Waals surface area contributed by atoms with Gasteiger partial charge in [0.05, 0.1) is 28.9 Å². The summed E-state index contributed by atoms with van der Waals surface area (Å²) in [7, 11) is 0. The molecular formula is C27H24ClN5O. The Morgan fingerprint density at radius 2 is 1.94 bits per heavy atom. The molecule has 2 aromatic carbocycles. The average Bonchev–Trinajstić information content (AvgIpc) is 3.28. The summed E-state index contributed by atoms with van der Waals surface area (Å²) in [5.41, 5.74) is 5.52. The minimum Gasteiger partial charge on any atom is -0.332 e. The molecule has 1 amide bonds. The summed E-state index contributed by atoms with van der Waals surface area (Å²) in [4.78, 5) is 19.7. The minimum atomic E-state index is -0.217. The van der Waals surface area contributed by atoms with Crippen LogP contribution in [0.3, 0.4) is 0 Å². The van der Waals surface area contributed by atoms with Gasteiger partial charge in [0.15, 0.2) is 0 Å². The van der Waals surface area contributed by atoms with Gasteiger partial charge in [-0.05, 0) is 54.8 Å². The number of hydrogen-bond donors (Lipinski definition) is 0. The van der Waals surface area contributed by atoms with Crippen LogP contribution in [0.1, 0.15) is 33.6 Å². The Bertz CT molecular complexity index is 1360. The van der Waals surface area contributed by atoms with E-state index in [4.69, 9.17) is 16.7 Å². The molecule has 0 saturated carbocycles. The van der Waals surface area contributed by atoms with Crippen molar-refractivity contribution in [1.82, 2.24) is 19.7 Å². The monoisotopic (exact) mass is 469 g/mol.